The van der Waals surface area contributed by atoms with Crippen LogP contribution >= 0.6 is 15.9 Å². The van der Waals surface area contributed by atoms with Gasteiger partial charge in [-0.05, 0) is 30.3 Å². The fourth-order valence-electron chi connectivity index (χ4n) is 1.67. The molecule has 2 rings (SSSR count). The van der Waals surface area contributed by atoms with E-state index < -0.39 is 0 Å². The zero-order valence-electron chi connectivity index (χ0n) is 10.9. The Kier molecular flexibility index (Phi) is 5.45. The molecule has 0 N–H and O–H groups in total. The highest BCUT2D eigenvalue weighted by molar-refractivity contribution is 9.10. The molecule has 0 radical (unpaired) electrons. The molecule has 0 amide bonds. The molecule has 3 nitrogen and oxygen atoms in total. The minimum Gasteiger partial charge on any atom is -0.493 e. The highest BCUT2D eigenvalue weighted by Crippen LogP contribution is 2.18. The lowest BCUT2D eigenvalue weighted by Crippen LogP contribution is -2.05. The maximum Gasteiger partial charge on any atom is 0.137 e. The molecule has 0 aromatic heterocycles. The summed E-state index contributed by atoms with van der Waals surface area (Å²) in [5.74, 6) is 1.45. The first-order valence-electron chi connectivity index (χ1n) is 6.30. The van der Waals surface area contributed by atoms with Crippen molar-refractivity contribution in [2.75, 3.05) is 13.2 Å². The number of rotatable bonds is 6. The maximum atomic E-state index is 8.94. The van der Waals surface area contributed by atoms with Crippen LogP contribution in [0.15, 0.2) is 53.0 Å². The molecule has 0 aliphatic carbocycles. The molecule has 0 unspecified atom stereocenters. The predicted octanol–water partition coefficient (Wildman–Crippen LogP) is 4.17. The van der Waals surface area contributed by atoms with Crippen LogP contribution < -0.4 is 9.47 Å². The first-order valence-corrected chi connectivity index (χ1v) is 7.09. The van der Waals surface area contributed by atoms with Crippen LogP contribution in [0.5, 0.6) is 11.5 Å². The Bertz CT molecular complexity index is 607. The average molecular weight is 332 g/mol. The number of nitriles is 1. The number of ether oxygens (including phenoxy) is 2. The van der Waals surface area contributed by atoms with Gasteiger partial charge in [0.25, 0.3) is 0 Å². The molecule has 0 saturated carbocycles. The second-order valence-electron chi connectivity index (χ2n) is 4.12. The lowest BCUT2D eigenvalue weighted by atomic mass is 10.2. The highest BCUT2D eigenvalue weighted by Gasteiger charge is 2.01. The Hall–Kier alpha value is -1.99. The number of para-hydroxylation sites is 1. The van der Waals surface area contributed by atoms with Gasteiger partial charge in [0.05, 0.1) is 18.8 Å². The van der Waals surface area contributed by atoms with Crippen molar-refractivity contribution < 1.29 is 9.47 Å². The van der Waals surface area contributed by atoms with Crippen LogP contribution in [0, 0.1) is 11.3 Å². The van der Waals surface area contributed by atoms with Crippen LogP contribution in [-0.2, 0) is 0 Å². The van der Waals surface area contributed by atoms with E-state index in [2.05, 4.69) is 22.0 Å². The van der Waals surface area contributed by atoms with Crippen LogP contribution in [0.25, 0.3) is 0 Å². The molecule has 0 saturated heterocycles. The zero-order chi connectivity index (χ0) is 14.2. The molecule has 2 aromatic rings. The number of halogens is 1. The van der Waals surface area contributed by atoms with Crippen molar-refractivity contribution in [1.82, 2.24) is 0 Å². The Morgan fingerprint density at radius 1 is 1.00 bits per heavy atom. The smallest absolute Gasteiger partial charge is 0.137 e. The van der Waals surface area contributed by atoms with Crippen molar-refractivity contribution >= 4 is 15.9 Å². The molecule has 0 bridgehead atoms. The van der Waals surface area contributed by atoms with E-state index in [9.17, 15) is 0 Å². The van der Waals surface area contributed by atoms with E-state index in [1.807, 2.05) is 36.4 Å². The molecule has 0 atom stereocenters. The molecule has 0 heterocycles. The molecule has 0 spiro atoms. The number of benzene rings is 2. The van der Waals surface area contributed by atoms with Crippen LogP contribution in [-0.4, -0.2) is 13.2 Å². The van der Waals surface area contributed by atoms with Crippen molar-refractivity contribution in [1.29, 1.82) is 5.26 Å². The van der Waals surface area contributed by atoms with E-state index in [0.29, 0.717) is 24.5 Å². The highest BCUT2D eigenvalue weighted by atomic mass is 79.9. The van der Waals surface area contributed by atoms with Crippen LogP contribution in [0.3, 0.4) is 0 Å². The quantitative estimate of drug-likeness (QED) is 0.746. The minimum atomic E-state index is 0.521. The van der Waals surface area contributed by atoms with Gasteiger partial charge in [-0.3, -0.25) is 0 Å². The van der Waals surface area contributed by atoms with Gasteiger partial charge in [-0.15, -0.1) is 0 Å². The summed E-state index contributed by atoms with van der Waals surface area (Å²) in [6, 6.07) is 17.0. The second kappa shape index (κ2) is 7.56. The Labute approximate surface area is 126 Å². The van der Waals surface area contributed by atoms with E-state index in [1.54, 1.807) is 12.1 Å². The maximum absolute atomic E-state index is 8.94. The largest absolute Gasteiger partial charge is 0.493 e. The molecule has 20 heavy (non-hydrogen) atoms. The summed E-state index contributed by atoms with van der Waals surface area (Å²) in [7, 11) is 0. The summed E-state index contributed by atoms with van der Waals surface area (Å²) in [5, 5.41) is 8.94. The lowest BCUT2D eigenvalue weighted by molar-refractivity contribution is 0.247. The standard InChI is InChI=1S/C16H14BrNO2/c17-14-6-3-7-15(11-14)19-9-4-10-20-16-8-2-1-5-13(16)12-18/h1-3,5-8,11H,4,9-10H2. The summed E-state index contributed by atoms with van der Waals surface area (Å²) in [5.41, 5.74) is 0.556. The Morgan fingerprint density at radius 3 is 2.60 bits per heavy atom. The molecule has 102 valence electrons. The van der Waals surface area contributed by atoms with Gasteiger partial charge in [-0.2, -0.15) is 5.26 Å². The van der Waals surface area contributed by atoms with Gasteiger partial charge >= 0.3 is 0 Å². The van der Waals surface area contributed by atoms with E-state index >= 15 is 0 Å². The van der Waals surface area contributed by atoms with E-state index in [4.69, 9.17) is 14.7 Å². The zero-order valence-corrected chi connectivity index (χ0v) is 12.5. The molecule has 0 fully saturated rings. The second-order valence-corrected chi connectivity index (χ2v) is 5.03. The third kappa shape index (κ3) is 4.29. The molecule has 4 heteroatoms. The van der Waals surface area contributed by atoms with Gasteiger partial charge in [-0.25, -0.2) is 0 Å². The first kappa shape index (κ1) is 14.4. The topological polar surface area (TPSA) is 42.2 Å². The lowest BCUT2D eigenvalue weighted by Gasteiger charge is -2.09. The SMILES string of the molecule is N#Cc1ccccc1OCCCOc1cccc(Br)c1. The molecular weight excluding hydrogens is 318 g/mol. The Balaban J connectivity index is 1.73. The van der Waals surface area contributed by atoms with E-state index in [0.717, 1.165) is 16.6 Å². The number of hydrogen-bond acceptors (Lipinski definition) is 3. The van der Waals surface area contributed by atoms with Crippen molar-refractivity contribution in [2.45, 2.75) is 6.42 Å². The van der Waals surface area contributed by atoms with Gasteiger partial charge in [-0.1, -0.05) is 34.1 Å². The van der Waals surface area contributed by atoms with Crippen LogP contribution in [0.4, 0.5) is 0 Å². The Morgan fingerprint density at radius 2 is 1.80 bits per heavy atom. The van der Waals surface area contributed by atoms with Gasteiger partial charge in [0.2, 0.25) is 0 Å². The predicted molar refractivity (Wildman–Crippen MR) is 80.9 cm³/mol. The number of nitrogens with zero attached hydrogens (tertiary/aromatic N) is 1. The van der Waals surface area contributed by atoms with Crippen LogP contribution in [0.2, 0.25) is 0 Å². The molecule has 0 aliphatic rings. The first-order chi connectivity index (χ1) is 9.79. The van der Waals surface area contributed by atoms with Crippen molar-refractivity contribution in [3.05, 3.63) is 58.6 Å². The van der Waals surface area contributed by atoms with Crippen LogP contribution in [0.1, 0.15) is 12.0 Å². The third-order valence-corrected chi connectivity index (χ3v) is 3.11. The summed E-state index contributed by atoms with van der Waals surface area (Å²) < 4.78 is 12.2. The van der Waals surface area contributed by atoms with Gasteiger partial charge < -0.3 is 9.47 Å². The summed E-state index contributed by atoms with van der Waals surface area (Å²) >= 11 is 3.40. The van der Waals surface area contributed by atoms with Crippen molar-refractivity contribution in [3.8, 4) is 17.6 Å². The average Bonchev–Trinajstić information content (AvgIpc) is 2.47. The monoisotopic (exact) mass is 331 g/mol. The molecule has 0 aliphatic heterocycles. The number of hydrogen-bond donors (Lipinski definition) is 0. The summed E-state index contributed by atoms with van der Waals surface area (Å²) in [6.07, 6.45) is 0.756. The van der Waals surface area contributed by atoms with Gasteiger partial charge in [0.1, 0.15) is 17.6 Å². The summed E-state index contributed by atoms with van der Waals surface area (Å²) in [6.45, 7) is 1.10. The third-order valence-electron chi connectivity index (χ3n) is 2.62. The fraction of sp³-hybridized carbons (Fsp3) is 0.188. The van der Waals surface area contributed by atoms with Crippen molar-refractivity contribution in [3.63, 3.8) is 0 Å². The molecular formula is C16H14BrNO2. The summed E-state index contributed by atoms with van der Waals surface area (Å²) in [4.78, 5) is 0. The molecule has 2 aromatic carbocycles. The fourth-order valence-corrected chi connectivity index (χ4v) is 2.05. The minimum absolute atomic E-state index is 0.521. The van der Waals surface area contributed by atoms with Gasteiger partial charge in [0.15, 0.2) is 0 Å². The van der Waals surface area contributed by atoms with Crippen molar-refractivity contribution in [2.24, 2.45) is 0 Å². The van der Waals surface area contributed by atoms with Gasteiger partial charge in [0, 0.05) is 10.9 Å². The normalized spacial score (nSPS) is 9.80. The van der Waals surface area contributed by atoms with E-state index in [1.165, 1.54) is 0 Å². The van der Waals surface area contributed by atoms with E-state index in [-0.39, 0.29) is 0 Å².